The number of benzene rings is 1. The largest absolute Gasteiger partial charge is 0.326 e. The molecule has 1 saturated carbocycles. The van der Waals surface area contributed by atoms with Crippen LogP contribution in [0, 0.1) is 5.92 Å². The Balaban J connectivity index is 2.16. The van der Waals surface area contributed by atoms with Crippen LogP contribution >= 0.6 is 15.9 Å². The van der Waals surface area contributed by atoms with E-state index in [9.17, 15) is 8.42 Å². The van der Waals surface area contributed by atoms with Crippen molar-refractivity contribution in [3.63, 3.8) is 0 Å². The fraction of sp³-hybridized carbons (Fsp3) is 0.571. The van der Waals surface area contributed by atoms with E-state index in [0.717, 1.165) is 18.4 Å². The number of halogens is 1. The van der Waals surface area contributed by atoms with E-state index in [0.29, 0.717) is 16.9 Å². The second kappa shape index (κ2) is 6.56. The minimum absolute atomic E-state index is 0.0218. The van der Waals surface area contributed by atoms with Gasteiger partial charge >= 0.3 is 0 Å². The second-order valence-electron chi connectivity index (χ2n) is 5.37. The molecular weight excluding hydrogens is 340 g/mol. The van der Waals surface area contributed by atoms with E-state index in [-0.39, 0.29) is 10.9 Å². The van der Waals surface area contributed by atoms with Gasteiger partial charge in [-0.05, 0) is 52.4 Å². The summed E-state index contributed by atoms with van der Waals surface area (Å²) in [5.41, 5.74) is 6.46. The Bertz CT molecular complexity index is 571. The van der Waals surface area contributed by atoms with Crippen LogP contribution in [0.3, 0.4) is 0 Å². The Morgan fingerprint density at radius 1 is 1.45 bits per heavy atom. The van der Waals surface area contributed by atoms with Gasteiger partial charge in [0.15, 0.2) is 0 Å². The van der Waals surface area contributed by atoms with Gasteiger partial charge in [0.2, 0.25) is 10.0 Å². The Labute approximate surface area is 129 Å². The summed E-state index contributed by atoms with van der Waals surface area (Å²) in [5, 5.41) is 0. The monoisotopic (exact) mass is 360 g/mol. The number of nitrogens with two attached hydrogens (primary N) is 1. The van der Waals surface area contributed by atoms with Crippen LogP contribution in [0.25, 0.3) is 0 Å². The van der Waals surface area contributed by atoms with E-state index in [1.165, 1.54) is 12.8 Å². The Hall–Kier alpha value is -0.430. The standard InChI is InChI=1S/C14H21BrN2O2S/c1-2-12(7-10-3-4-10)17-20(18,19)14-6-5-11(9-16)8-13(14)15/h5-6,8,10,12,17H,2-4,7,9,16H2,1H3. The van der Waals surface area contributed by atoms with Gasteiger partial charge in [-0.1, -0.05) is 25.8 Å². The summed E-state index contributed by atoms with van der Waals surface area (Å²) in [6.07, 6.45) is 4.21. The molecule has 6 heteroatoms. The normalized spacial score (nSPS) is 17.1. The van der Waals surface area contributed by atoms with E-state index < -0.39 is 10.0 Å². The predicted molar refractivity (Wildman–Crippen MR) is 83.8 cm³/mol. The van der Waals surface area contributed by atoms with Gasteiger partial charge < -0.3 is 5.73 Å². The maximum Gasteiger partial charge on any atom is 0.241 e. The summed E-state index contributed by atoms with van der Waals surface area (Å²) < 4.78 is 28.3. The third-order valence-corrected chi connectivity index (χ3v) is 6.15. The molecule has 20 heavy (non-hydrogen) atoms. The molecule has 0 saturated heterocycles. The highest BCUT2D eigenvalue weighted by atomic mass is 79.9. The van der Waals surface area contributed by atoms with Crippen LogP contribution in [0.15, 0.2) is 27.6 Å². The first-order valence-corrected chi connectivity index (χ1v) is 9.24. The van der Waals surface area contributed by atoms with Crippen molar-refractivity contribution in [3.05, 3.63) is 28.2 Å². The molecular formula is C14H21BrN2O2S. The number of hydrogen-bond donors (Lipinski definition) is 2. The highest BCUT2D eigenvalue weighted by Crippen LogP contribution is 2.34. The lowest BCUT2D eigenvalue weighted by atomic mass is 10.1. The Morgan fingerprint density at radius 2 is 2.15 bits per heavy atom. The predicted octanol–water partition coefficient (Wildman–Crippen LogP) is 2.76. The lowest BCUT2D eigenvalue weighted by Crippen LogP contribution is -2.35. The van der Waals surface area contributed by atoms with Crippen LogP contribution in [-0.2, 0) is 16.6 Å². The molecule has 1 aromatic rings. The summed E-state index contributed by atoms with van der Waals surface area (Å²) in [6, 6.07) is 5.14. The zero-order valence-electron chi connectivity index (χ0n) is 11.6. The molecule has 2 rings (SSSR count). The molecule has 3 N–H and O–H groups in total. The topological polar surface area (TPSA) is 72.2 Å². The van der Waals surface area contributed by atoms with Gasteiger partial charge in [-0.25, -0.2) is 13.1 Å². The molecule has 0 bridgehead atoms. The third kappa shape index (κ3) is 4.04. The molecule has 4 nitrogen and oxygen atoms in total. The smallest absolute Gasteiger partial charge is 0.241 e. The van der Waals surface area contributed by atoms with Gasteiger partial charge in [0.1, 0.15) is 0 Å². The SMILES string of the molecule is CCC(CC1CC1)NS(=O)(=O)c1ccc(CN)cc1Br. The van der Waals surface area contributed by atoms with Crippen LogP contribution < -0.4 is 10.5 Å². The van der Waals surface area contributed by atoms with E-state index in [1.807, 2.05) is 6.92 Å². The van der Waals surface area contributed by atoms with Gasteiger partial charge in [-0.15, -0.1) is 0 Å². The minimum atomic E-state index is -3.48. The van der Waals surface area contributed by atoms with Crippen molar-refractivity contribution < 1.29 is 8.42 Å². The van der Waals surface area contributed by atoms with Gasteiger partial charge in [-0.2, -0.15) is 0 Å². The van der Waals surface area contributed by atoms with Crippen molar-refractivity contribution in [3.8, 4) is 0 Å². The zero-order chi connectivity index (χ0) is 14.8. The average Bonchev–Trinajstić information content (AvgIpc) is 3.21. The van der Waals surface area contributed by atoms with Crippen LogP contribution in [0.5, 0.6) is 0 Å². The van der Waals surface area contributed by atoms with Crippen LogP contribution in [0.2, 0.25) is 0 Å². The molecule has 112 valence electrons. The summed E-state index contributed by atoms with van der Waals surface area (Å²) in [5.74, 6) is 0.700. The van der Waals surface area contributed by atoms with Crippen LogP contribution in [-0.4, -0.2) is 14.5 Å². The van der Waals surface area contributed by atoms with E-state index in [2.05, 4.69) is 20.7 Å². The molecule has 1 aromatic carbocycles. The molecule has 1 atom stereocenters. The van der Waals surface area contributed by atoms with Crippen molar-refractivity contribution in [2.24, 2.45) is 11.7 Å². The van der Waals surface area contributed by atoms with Crippen molar-refractivity contribution in [2.45, 2.75) is 50.1 Å². The van der Waals surface area contributed by atoms with E-state index in [1.54, 1.807) is 18.2 Å². The molecule has 0 heterocycles. The van der Waals surface area contributed by atoms with Crippen molar-refractivity contribution in [1.29, 1.82) is 0 Å². The van der Waals surface area contributed by atoms with Gasteiger partial charge in [0.25, 0.3) is 0 Å². The fourth-order valence-electron chi connectivity index (χ4n) is 2.23. The molecule has 0 spiro atoms. The lowest BCUT2D eigenvalue weighted by Gasteiger charge is -2.17. The number of nitrogens with one attached hydrogen (secondary N) is 1. The third-order valence-electron chi connectivity index (χ3n) is 3.65. The summed E-state index contributed by atoms with van der Waals surface area (Å²) in [4.78, 5) is 0.281. The van der Waals surface area contributed by atoms with E-state index in [4.69, 9.17) is 5.73 Å². The molecule has 1 fully saturated rings. The van der Waals surface area contributed by atoms with Gasteiger partial charge in [0.05, 0.1) is 4.90 Å². The first kappa shape index (κ1) is 15.9. The quantitative estimate of drug-likeness (QED) is 0.784. The molecule has 1 aliphatic rings. The molecule has 1 aliphatic carbocycles. The minimum Gasteiger partial charge on any atom is -0.326 e. The van der Waals surface area contributed by atoms with Crippen molar-refractivity contribution in [1.82, 2.24) is 4.72 Å². The van der Waals surface area contributed by atoms with E-state index >= 15 is 0 Å². The number of rotatable bonds is 7. The fourth-order valence-corrected chi connectivity index (χ4v) is 4.68. The molecule has 0 aromatic heterocycles. The van der Waals surface area contributed by atoms with Crippen molar-refractivity contribution >= 4 is 26.0 Å². The summed E-state index contributed by atoms with van der Waals surface area (Å²) in [7, 11) is -3.48. The number of sulfonamides is 1. The zero-order valence-corrected chi connectivity index (χ0v) is 14.0. The molecule has 0 radical (unpaired) electrons. The van der Waals surface area contributed by atoms with Gasteiger partial charge in [-0.3, -0.25) is 0 Å². The molecule has 0 amide bonds. The second-order valence-corrected chi connectivity index (χ2v) is 7.91. The Kier molecular flexibility index (Phi) is 5.23. The summed E-state index contributed by atoms with van der Waals surface area (Å²) in [6.45, 7) is 2.41. The van der Waals surface area contributed by atoms with Crippen LogP contribution in [0.4, 0.5) is 0 Å². The first-order valence-electron chi connectivity index (χ1n) is 6.97. The maximum absolute atomic E-state index is 12.5. The molecule has 1 unspecified atom stereocenters. The highest BCUT2D eigenvalue weighted by molar-refractivity contribution is 9.10. The maximum atomic E-state index is 12.5. The van der Waals surface area contributed by atoms with Crippen molar-refractivity contribution in [2.75, 3.05) is 0 Å². The number of hydrogen-bond acceptors (Lipinski definition) is 3. The first-order chi connectivity index (χ1) is 9.46. The molecule has 0 aliphatic heterocycles. The van der Waals surface area contributed by atoms with Gasteiger partial charge in [0, 0.05) is 17.1 Å². The average molecular weight is 361 g/mol. The Morgan fingerprint density at radius 3 is 2.65 bits per heavy atom. The highest BCUT2D eigenvalue weighted by Gasteiger charge is 2.28. The van der Waals surface area contributed by atoms with Crippen LogP contribution in [0.1, 0.15) is 38.2 Å². The summed E-state index contributed by atoms with van der Waals surface area (Å²) >= 11 is 3.32. The lowest BCUT2D eigenvalue weighted by molar-refractivity contribution is 0.495.